The lowest BCUT2D eigenvalue weighted by Gasteiger charge is -2.24. The number of aromatic amines is 1. The maximum atomic E-state index is 13.1. The van der Waals surface area contributed by atoms with Crippen molar-refractivity contribution in [3.05, 3.63) is 69.2 Å². The van der Waals surface area contributed by atoms with Crippen LogP contribution >= 0.6 is 11.3 Å². The number of aliphatic hydroxyl groups is 1. The molecule has 0 bridgehead atoms. The molecule has 3 aromatic heterocycles. The van der Waals surface area contributed by atoms with Gasteiger partial charge in [0, 0.05) is 41.6 Å². The summed E-state index contributed by atoms with van der Waals surface area (Å²) in [6.07, 6.45) is 5.82. The van der Waals surface area contributed by atoms with E-state index in [1.165, 1.54) is 23.3 Å². The second-order valence-electron chi connectivity index (χ2n) is 7.78. The number of likely N-dealkylation sites (tertiary alicyclic amines) is 1. The third-order valence-corrected chi connectivity index (χ3v) is 6.72. The largest absolute Gasteiger partial charge is 0.507 e. The number of imidazole rings is 1. The van der Waals surface area contributed by atoms with Crippen LogP contribution in [0, 0.1) is 13.8 Å². The van der Waals surface area contributed by atoms with Gasteiger partial charge in [0.15, 0.2) is 0 Å². The molecule has 1 aliphatic rings. The minimum Gasteiger partial charge on any atom is -0.507 e. The average Bonchev–Trinajstić information content (AvgIpc) is 3.58. The van der Waals surface area contributed by atoms with Gasteiger partial charge in [0.25, 0.3) is 11.7 Å². The first-order valence-corrected chi connectivity index (χ1v) is 11.3. The highest BCUT2D eigenvalue weighted by atomic mass is 32.1. The smallest absolute Gasteiger partial charge is 0.354 e. The highest BCUT2D eigenvalue weighted by Crippen LogP contribution is 2.42. The van der Waals surface area contributed by atoms with Gasteiger partial charge in [-0.2, -0.15) is 0 Å². The molecule has 33 heavy (non-hydrogen) atoms. The predicted octanol–water partition coefficient (Wildman–Crippen LogP) is 3.19. The summed E-state index contributed by atoms with van der Waals surface area (Å²) in [6, 6.07) is 2.98. The lowest BCUT2D eigenvalue weighted by molar-refractivity contribution is -0.139. The zero-order chi connectivity index (χ0) is 23.7. The van der Waals surface area contributed by atoms with Crippen molar-refractivity contribution in [1.82, 2.24) is 19.4 Å². The van der Waals surface area contributed by atoms with E-state index in [0.29, 0.717) is 36.3 Å². The summed E-state index contributed by atoms with van der Waals surface area (Å²) in [5.74, 6) is -2.28. The summed E-state index contributed by atoms with van der Waals surface area (Å²) in [4.78, 5) is 47.5. The van der Waals surface area contributed by atoms with E-state index in [9.17, 15) is 19.5 Å². The van der Waals surface area contributed by atoms with Crippen LogP contribution in [-0.4, -0.2) is 55.9 Å². The summed E-state index contributed by atoms with van der Waals surface area (Å²) in [7, 11) is 1.27. The van der Waals surface area contributed by atoms with Crippen LogP contribution in [0.3, 0.4) is 0 Å². The number of methoxy groups -OCH3 is 1. The van der Waals surface area contributed by atoms with E-state index >= 15 is 0 Å². The van der Waals surface area contributed by atoms with Crippen LogP contribution in [0.2, 0.25) is 0 Å². The van der Waals surface area contributed by atoms with E-state index in [0.717, 1.165) is 4.88 Å². The van der Waals surface area contributed by atoms with Crippen molar-refractivity contribution in [2.45, 2.75) is 32.9 Å². The number of rotatable bonds is 7. The number of hydrogen-bond acceptors (Lipinski definition) is 7. The summed E-state index contributed by atoms with van der Waals surface area (Å²) >= 11 is 1.41. The molecule has 0 aromatic carbocycles. The Morgan fingerprint density at radius 3 is 2.73 bits per heavy atom. The van der Waals surface area contributed by atoms with Crippen molar-refractivity contribution < 1.29 is 24.2 Å². The number of aromatic nitrogens is 3. The number of aryl methyl sites for hydroxylation is 2. The zero-order valence-corrected chi connectivity index (χ0v) is 19.3. The summed E-state index contributed by atoms with van der Waals surface area (Å²) < 4.78 is 6.70. The Labute approximate surface area is 194 Å². The molecule has 4 heterocycles. The highest BCUT2D eigenvalue weighted by Gasteiger charge is 2.46. The molecule has 0 unspecified atom stereocenters. The van der Waals surface area contributed by atoms with Gasteiger partial charge in [0.05, 0.1) is 25.1 Å². The van der Waals surface area contributed by atoms with Crippen molar-refractivity contribution in [2.24, 2.45) is 0 Å². The molecule has 1 saturated heterocycles. The number of thiophene rings is 1. The molecule has 0 spiro atoms. The number of esters is 1. The number of carbonyl (C=O) groups is 3. The fourth-order valence-corrected chi connectivity index (χ4v) is 5.09. The lowest BCUT2D eigenvalue weighted by Crippen LogP contribution is -2.31. The van der Waals surface area contributed by atoms with Crippen molar-refractivity contribution in [1.29, 1.82) is 0 Å². The van der Waals surface area contributed by atoms with Gasteiger partial charge in [-0.05, 0) is 37.3 Å². The van der Waals surface area contributed by atoms with Gasteiger partial charge >= 0.3 is 5.97 Å². The third kappa shape index (κ3) is 3.97. The van der Waals surface area contributed by atoms with Gasteiger partial charge in [0.1, 0.15) is 11.5 Å². The minimum absolute atomic E-state index is 0.0201. The number of carbonyl (C=O) groups excluding carboxylic acids is 3. The Balaban J connectivity index is 1.75. The van der Waals surface area contributed by atoms with E-state index in [-0.39, 0.29) is 17.0 Å². The van der Waals surface area contributed by atoms with E-state index in [4.69, 9.17) is 4.74 Å². The standard InChI is InChI=1S/C23H24N4O5S/c1-13-16(14(2)25-18(13)23(31)32-3)20(28)17-19(15-6-4-11-33-15)27(22(30)21(17)29)9-5-8-26-10-7-24-12-26/h4,6-7,10-12,19,25,28H,5,8-9H2,1-3H3/t19-/m0/s1. The third-order valence-electron chi connectivity index (χ3n) is 5.79. The van der Waals surface area contributed by atoms with Crippen LogP contribution < -0.4 is 0 Å². The molecule has 1 fully saturated rings. The van der Waals surface area contributed by atoms with Gasteiger partial charge in [0.2, 0.25) is 0 Å². The van der Waals surface area contributed by atoms with Crippen LogP contribution in [0.25, 0.3) is 5.76 Å². The molecule has 3 aromatic rings. The minimum atomic E-state index is -0.742. The van der Waals surface area contributed by atoms with Crippen molar-refractivity contribution in [3.8, 4) is 0 Å². The number of nitrogens with zero attached hydrogens (tertiary/aromatic N) is 3. The Kier molecular flexibility index (Phi) is 6.19. The second kappa shape index (κ2) is 9.07. The molecule has 2 N–H and O–H groups in total. The fraction of sp³-hybridized carbons (Fsp3) is 0.304. The van der Waals surface area contributed by atoms with Crippen LogP contribution in [-0.2, 0) is 20.9 Å². The number of Topliss-reactive ketones (excluding diaryl/α,β-unsaturated/α-hetero) is 1. The van der Waals surface area contributed by atoms with E-state index < -0.39 is 23.7 Å². The molecule has 172 valence electrons. The maximum absolute atomic E-state index is 13.1. The Hall–Kier alpha value is -3.66. The number of ether oxygens (including phenoxy) is 1. The van der Waals surface area contributed by atoms with Crippen LogP contribution in [0.5, 0.6) is 0 Å². The monoisotopic (exact) mass is 468 g/mol. The molecule has 1 atom stereocenters. The van der Waals surface area contributed by atoms with Crippen LogP contribution in [0.15, 0.2) is 41.8 Å². The van der Waals surface area contributed by atoms with Crippen LogP contribution in [0.1, 0.15) is 44.6 Å². The first-order chi connectivity index (χ1) is 15.8. The SMILES string of the molecule is COC(=O)c1[nH]c(C)c(C(O)=C2C(=O)C(=O)N(CCCn3ccnc3)[C@H]2c2cccs2)c1C. The van der Waals surface area contributed by atoms with Gasteiger partial charge in [-0.1, -0.05) is 6.07 Å². The number of aliphatic hydroxyl groups excluding tert-OH is 1. The van der Waals surface area contributed by atoms with Crippen LogP contribution in [0.4, 0.5) is 0 Å². The fourth-order valence-electron chi connectivity index (χ4n) is 4.24. The summed E-state index contributed by atoms with van der Waals surface area (Å²) in [5.41, 5.74) is 1.49. The van der Waals surface area contributed by atoms with E-state index in [1.807, 2.05) is 28.3 Å². The van der Waals surface area contributed by atoms with Gasteiger partial charge in [-0.25, -0.2) is 9.78 Å². The number of amides is 1. The van der Waals surface area contributed by atoms with E-state index in [1.54, 1.807) is 26.4 Å². The molecular weight excluding hydrogens is 444 g/mol. The molecule has 1 aliphatic heterocycles. The molecule has 0 radical (unpaired) electrons. The molecule has 1 amide bonds. The Morgan fingerprint density at radius 1 is 1.30 bits per heavy atom. The normalized spacial score (nSPS) is 17.7. The van der Waals surface area contributed by atoms with Gasteiger partial charge in [-0.3, -0.25) is 9.59 Å². The Morgan fingerprint density at radius 2 is 2.09 bits per heavy atom. The molecule has 9 nitrogen and oxygen atoms in total. The quantitative estimate of drug-likeness (QED) is 0.238. The number of H-pyrrole nitrogens is 1. The number of hydrogen-bond donors (Lipinski definition) is 2. The molecule has 0 saturated carbocycles. The maximum Gasteiger partial charge on any atom is 0.354 e. The molecule has 4 rings (SSSR count). The summed E-state index contributed by atoms with van der Waals surface area (Å²) in [6.45, 7) is 4.32. The first-order valence-electron chi connectivity index (χ1n) is 10.4. The highest BCUT2D eigenvalue weighted by molar-refractivity contribution is 7.10. The summed E-state index contributed by atoms with van der Waals surface area (Å²) in [5, 5.41) is 13.2. The van der Waals surface area contributed by atoms with Crippen molar-refractivity contribution in [3.63, 3.8) is 0 Å². The molecule has 10 heteroatoms. The zero-order valence-electron chi connectivity index (χ0n) is 18.5. The molecular formula is C23H24N4O5S. The van der Waals surface area contributed by atoms with E-state index in [2.05, 4.69) is 9.97 Å². The van der Waals surface area contributed by atoms with Gasteiger partial charge in [-0.15, -0.1) is 11.3 Å². The van der Waals surface area contributed by atoms with Gasteiger partial charge < -0.3 is 24.3 Å². The lowest BCUT2D eigenvalue weighted by atomic mass is 9.97. The first kappa shape index (κ1) is 22.5. The predicted molar refractivity (Wildman–Crippen MR) is 122 cm³/mol. The molecule has 0 aliphatic carbocycles. The average molecular weight is 469 g/mol. The number of nitrogens with one attached hydrogen (secondary N) is 1. The second-order valence-corrected chi connectivity index (χ2v) is 8.76. The number of ketones is 1. The topological polar surface area (TPSA) is 118 Å². The van der Waals surface area contributed by atoms with Crippen molar-refractivity contribution in [2.75, 3.05) is 13.7 Å². The van der Waals surface area contributed by atoms with Crippen molar-refractivity contribution >= 4 is 34.8 Å². The Bertz CT molecular complexity index is 1220.